The standard InChI is InChI=1S/C23H26N2O2S/c1-14-7-10-21(28-14)22-18-6-2-5-17(18)19-12-15(8-9-20(19)25-22)23(26)24-13-16-4-3-11-27-16/h2,5,7-10,12,16-18,22,25H,3-4,6,11,13H2,1H3,(H,24,26). The minimum atomic E-state index is -0.00664. The SMILES string of the molecule is Cc1ccc(C2Nc3ccc(C(=O)NCC4CCCO4)cc3C3C=CCC32)s1. The second kappa shape index (κ2) is 7.37. The molecule has 4 unspecified atom stereocenters. The molecule has 2 aliphatic heterocycles. The molecular formula is C23H26N2O2S. The van der Waals surface area contributed by atoms with E-state index < -0.39 is 0 Å². The number of carbonyl (C=O) groups is 1. The third kappa shape index (κ3) is 3.27. The number of hydrogen-bond donors (Lipinski definition) is 2. The molecule has 4 nitrogen and oxygen atoms in total. The van der Waals surface area contributed by atoms with Crippen LogP contribution in [0.2, 0.25) is 0 Å². The molecule has 3 heterocycles. The Labute approximate surface area is 170 Å². The maximum Gasteiger partial charge on any atom is 0.251 e. The number of fused-ring (bicyclic) bond motifs is 3. The molecule has 1 amide bonds. The van der Waals surface area contributed by atoms with Crippen molar-refractivity contribution >= 4 is 22.9 Å². The molecule has 1 aliphatic carbocycles. The van der Waals surface area contributed by atoms with E-state index in [4.69, 9.17) is 4.74 Å². The quantitative estimate of drug-likeness (QED) is 0.733. The highest BCUT2D eigenvalue weighted by atomic mass is 32.1. The van der Waals surface area contributed by atoms with E-state index in [9.17, 15) is 4.79 Å². The van der Waals surface area contributed by atoms with Gasteiger partial charge in [0, 0.05) is 40.1 Å². The molecule has 5 heteroatoms. The van der Waals surface area contributed by atoms with Gasteiger partial charge in [0.05, 0.1) is 12.1 Å². The molecule has 0 bridgehead atoms. The van der Waals surface area contributed by atoms with Crippen molar-refractivity contribution in [1.29, 1.82) is 0 Å². The lowest BCUT2D eigenvalue weighted by Crippen LogP contribution is -2.32. The summed E-state index contributed by atoms with van der Waals surface area (Å²) in [5, 5.41) is 6.80. The molecular weight excluding hydrogens is 368 g/mol. The number of amides is 1. The molecule has 0 saturated carbocycles. The Kier molecular flexibility index (Phi) is 4.73. The normalized spacial score (nSPS) is 27.9. The molecule has 1 saturated heterocycles. The Hall–Kier alpha value is -2.11. The zero-order valence-electron chi connectivity index (χ0n) is 16.1. The molecule has 1 fully saturated rings. The average Bonchev–Trinajstić information content (AvgIpc) is 3.46. The number of benzene rings is 1. The van der Waals surface area contributed by atoms with Crippen molar-refractivity contribution in [2.75, 3.05) is 18.5 Å². The van der Waals surface area contributed by atoms with Gasteiger partial charge in [-0.05, 0) is 68.0 Å². The molecule has 4 atom stereocenters. The van der Waals surface area contributed by atoms with E-state index in [-0.39, 0.29) is 12.0 Å². The number of hydrogen-bond acceptors (Lipinski definition) is 4. The number of ether oxygens (including phenoxy) is 1. The van der Waals surface area contributed by atoms with E-state index in [1.165, 1.54) is 15.3 Å². The molecule has 1 aromatic heterocycles. The van der Waals surface area contributed by atoms with Gasteiger partial charge < -0.3 is 15.4 Å². The summed E-state index contributed by atoms with van der Waals surface area (Å²) in [6.07, 6.45) is 7.99. The number of thiophene rings is 1. The van der Waals surface area contributed by atoms with Crippen molar-refractivity contribution in [3.05, 3.63) is 63.4 Å². The highest BCUT2D eigenvalue weighted by molar-refractivity contribution is 7.12. The maximum atomic E-state index is 12.7. The molecule has 3 aliphatic rings. The van der Waals surface area contributed by atoms with Crippen molar-refractivity contribution in [2.45, 2.75) is 44.2 Å². The van der Waals surface area contributed by atoms with Gasteiger partial charge in [-0.15, -0.1) is 11.3 Å². The Balaban J connectivity index is 1.38. The van der Waals surface area contributed by atoms with Crippen LogP contribution in [0.25, 0.3) is 0 Å². The first-order valence-electron chi connectivity index (χ1n) is 10.2. The minimum Gasteiger partial charge on any atom is -0.377 e. The molecule has 2 aromatic rings. The first-order valence-corrected chi connectivity index (χ1v) is 11.0. The highest BCUT2D eigenvalue weighted by Crippen LogP contribution is 2.50. The number of carbonyl (C=O) groups excluding carboxylic acids is 1. The first-order chi connectivity index (χ1) is 13.7. The van der Waals surface area contributed by atoms with Gasteiger partial charge in [0.2, 0.25) is 0 Å². The van der Waals surface area contributed by atoms with Crippen LogP contribution in [0.3, 0.4) is 0 Å². The summed E-state index contributed by atoms with van der Waals surface area (Å²) in [4.78, 5) is 15.4. The van der Waals surface area contributed by atoms with Crippen LogP contribution in [0.1, 0.15) is 56.9 Å². The zero-order valence-corrected chi connectivity index (χ0v) is 16.9. The number of anilines is 1. The van der Waals surface area contributed by atoms with Crippen LogP contribution in [0.5, 0.6) is 0 Å². The number of nitrogens with one attached hydrogen (secondary N) is 2. The number of aryl methyl sites for hydroxylation is 1. The Morgan fingerprint density at radius 1 is 1.32 bits per heavy atom. The summed E-state index contributed by atoms with van der Waals surface area (Å²) in [6.45, 7) is 3.57. The van der Waals surface area contributed by atoms with Crippen LogP contribution < -0.4 is 10.6 Å². The van der Waals surface area contributed by atoms with Gasteiger partial charge in [-0.1, -0.05) is 12.2 Å². The molecule has 146 valence electrons. The fraction of sp³-hybridized carbons (Fsp3) is 0.435. The summed E-state index contributed by atoms with van der Waals surface area (Å²) in [7, 11) is 0. The third-order valence-corrected chi connectivity index (χ3v) is 7.29. The smallest absolute Gasteiger partial charge is 0.251 e. The predicted octanol–water partition coefficient (Wildman–Crippen LogP) is 4.79. The highest BCUT2D eigenvalue weighted by Gasteiger charge is 2.38. The van der Waals surface area contributed by atoms with Gasteiger partial charge in [0.15, 0.2) is 0 Å². The van der Waals surface area contributed by atoms with E-state index in [1.54, 1.807) is 0 Å². The average molecular weight is 395 g/mol. The van der Waals surface area contributed by atoms with Gasteiger partial charge in [0.1, 0.15) is 0 Å². The van der Waals surface area contributed by atoms with Crippen molar-refractivity contribution in [2.24, 2.45) is 5.92 Å². The van der Waals surface area contributed by atoms with E-state index in [1.807, 2.05) is 17.4 Å². The summed E-state index contributed by atoms with van der Waals surface area (Å²) in [5.74, 6) is 0.873. The van der Waals surface area contributed by atoms with Crippen LogP contribution in [0.4, 0.5) is 5.69 Å². The predicted molar refractivity (Wildman–Crippen MR) is 113 cm³/mol. The van der Waals surface area contributed by atoms with Crippen molar-refractivity contribution in [3.8, 4) is 0 Å². The van der Waals surface area contributed by atoms with E-state index >= 15 is 0 Å². The topological polar surface area (TPSA) is 50.4 Å². The van der Waals surface area contributed by atoms with E-state index in [0.717, 1.165) is 37.1 Å². The lowest BCUT2D eigenvalue weighted by Gasteiger charge is -2.37. The lowest BCUT2D eigenvalue weighted by molar-refractivity contribution is 0.0857. The number of allylic oxidation sites excluding steroid dienone is 2. The van der Waals surface area contributed by atoms with Crippen LogP contribution in [0, 0.1) is 12.8 Å². The molecule has 0 spiro atoms. The van der Waals surface area contributed by atoms with Crippen molar-refractivity contribution in [1.82, 2.24) is 5.32 Å². The van der Waals surface area contributed by atoms with Crippen molar-refractivity contribution < 1.29 is 9.53 Å². The lowest BCUT2D eigenvalue weighted by atomic mass is 9.78. The fourth-order valence-electron chi connectivity index (χ4n) is 4.75. The van der Waals surface area contributed by atoms with Gasteiger partial charge in [-0.25, -0.2) is 0 Å². The summed E-state index contributed by atoms with van der Waals surface area (Å²) < 4.78 is 5.61. The monoisotopic (exact) mass is 394 g/mol. The van der Waals surface area contributed by atoms with Gasteiger partial charge in [0.25, 0.3) is 5.91 Å². The largest absolute Gasteiger partial charge is 0.377 e. The van der Waals surface area contributed by atoms with Gasteiger partial charge >= 0.3 is 0 Å². The first kappa shape index (κ1) is 18.0. The molecule has 5 rings (SSSR count). The van der Waals surface area contributed by atoms with Crippen LogP contribution in [-0.2, 0) is 4.74 Å². The second-order valence-corrected chi connectivity index (χ2v) is 9.39. The minimum absolute atomic E-state index is 0.00664. The van der Waals surface area contributed by atoms with E-state index in [0.29, 0.717) is 24.4 Å². The second-order valence-electron chi connectivity index (χ2n) is 8.07. The Morgan fingerprint density at radius 2 is 2.25 bits per heavy atom. The van der Waals surface area contributed by atoms with Crippen LogP contribution in [-0.4, -0.2) is 25.2 Å². The maximum absolute atomic E-state index is 12.7. The zero-order chi connectivity index (χ0) is 19.1. The van der Waals surface area contributed by atoms with Crippen LogP contribution >= 0.6 is 11.3 Å². The van der Waals surface area contributed by atoms with Crippen LogP contribution in [0.15, 0.2) is 42.5 Å². The van der Waals surface area contributed by atoms with Crippen molar-refractivity contribution in [3.63, 3.8) is 0 Å². The molecule has 2 N–H and O–H groups in total. The van der Waals surface area contributed by atoms with E-state index in [2.05, 4.69) is 54.0 Å². The summed E-state index contributed by atoms with van der Waals surface area (Å²) in [5.41, 5.74) is 3.13. The Morgan fingerprint density at radius 3 is 3.04 bits per heavy atom. The summed E-state index contributed by atoms with van der Waals surface area (Å²) >= 11 is 1.88. The summed E-state index contributed by atoms with van der Waals surface area (Å²) in [6, 6.07) is 10.9. The van der Waals surface area contributed by atoms with Gasteiger partial charge in [-0.2, -0.15) is 0 Å². The third-order valence-electron chi connectivity index (χ3n) is 6.21. The molecule has 28 heavy (non-hydrogen) atoms. The Bertz CT molecular complexity index is 913. The van der Waals surface area contributed by atoms with Gasteiger partial charge in [-0.3, -0.25) is 4.79 Å². The molecule has 0 radical (unpaired) electrons. The number of rotatable bonds is 4. The molecule has 1 aromatic carbocycles. The fourth-order valence-corrected chi connectivity index (χ4v) is 5.76.